The van der Waals surface area contributed by atoms with Crippen molar-refractivity contribution in [1.29, 1.82) is 0 Å². The van der Waals surface area contributed by atoms with Crippen molar-refractivity contribution in [2.75, 3.05) is 32.7 Å². The number of nitrogens with zero attached hydrogens (tertiary/aromatic N) is 2. The van der Waals surface area contributed by atoms with Crippen molar-refractivity contribution in [3.63, 3.8) is 0 Å². The van der Waals surface area contributed by atoms with Gasteiger partial charge in [-0.2, -0.15) is 0 Å². The van der Waals surface area contributed by atoms with Crippen LogP contribution in [-0.2, 0) is 9.59 Å². The lowest BCUT2D eigenvalue weighted by Gasteiger charge is -2.38. The van der Waals surface area contributed by atoms with Gasteiger partial charge in [0.1, 0.15) is 0 Å². The van der Waals surface area contributed by atoms with Crippen LogP contribution in [0.25, 0.3) is 0 Å². The molecule has 0 bridgehead atoms. The molecule has 1 atom stereocenters. The average Bonchev–Trinajstić information content (AvgIpc) is 2.88. The Morgan fingerprint density at radius 2 is 1.47 bits per heavy atom. The highest BCUT2D eigenvalue weighted by Gasteiger charge is 2.33. The predicted octanol–water partition coefficient (Wildman–Crippen LogP) is 3.06. The first-order valence-electron chi connectivity index (χ1n) is 11.6. The van der Waals surface area contributed by atoms with Crippen molar-refractivity contribution < 1.29 is 14.4 Å². The third-order valence-electron chi connectivity index (χ3n) is 6.64. The van der Waals surface area contributed by atoms with E-state index in [4.69, 9.17) is 0 Å². The molecule has 6 nitrogen and oxygen atoms in total. The maximum atomic E-state index is 13.1. The molecule has 1 N–H and O–H groups in total. The first kappa shape index (κ1) is 22.1. The van der Waals surface area contributed by atoms with Gasteiger partial charge in [-0.1, -0.05) is 48.5 Å². The standard InChI is InChI=1S/C26H31N3O3/c30-24(18-27-25(31)22-10-5-2-6-11-22)29-15-7-12-23(19-29)26(32)28-16-13-21(14-17-28)20-8-3-1-4-9-20/h1-6,8-11,21,23H,7,12-19H2,(H,27,31)/t23-/m1/s1. The number of carbonyl (C=O) groups excluding carboxylic acids is 3. The van der Waals surface area contributed by atoms with Gasteiger partial charge in [-0.25, -0.2) is 0 Å². The molecule has 2 fully saturated rings. The monoisotopic (exact) mass is 433 g/mol. The first-order chi connectivity index (χ1) is 15.6. The van der Waals surface area contributed by atoms with E-state index in [0.717, 1.165) is 38.8 Å². The summed E-state index contributed by atoms with van der Waals surface area (Å²) >= 11 is 0. The van der Waals surface area contributed by atoms with Gasteiger partial charge >= 0.3 is 0 Å². The highest BCUT2D eigenvalue weighted by molar-refractivity contribution is 5.96. The zero-order valence-electron chi connectivity index (χ0n) is 18.4. The summed E-state index contributed by atoms with van der Waals surface area (Å²) in [6.45, 7) is 2.58. The molecule has 0 aliphatic carbocycles. The van der Waals surface area contributed by atoms with Gasteiger partial charge in [-0.05, 0) is 49.3 Å². The van der Waals surface area contributed by atoms with Crippen LogP contribution in [0.1, 0.15) is 47.5 Å². The number of carbonyl (C=O) groups is 3. The molecule has 32 heavy (non-hydrogen) atoms. The number of amides is 3. The van der Waals surface area contributed by atoms with E-state index in [0.29, 0.717) is 24.6 Å². The number of benzene rings is 2. The lowest BCUT2D eigenvalue weighted by molar-refractivity contribution is -0.141. The fourth-order valence-corrected chi connectivity index (χ4v) is 4.78. The Labute approximate surface area is 189 Å². The lowest BCUT2D eigenvalue weighted by Crippen LogP contribution is -2.50. The Morgan fingerprint density at radius 3 is 2.16 bits per heavy atom. The zero-order chi connectivity index (χ0) is 22.3. The van der Waals surface area contributed by atoms with Gasteiger partial charge in [0.2, 0.25) is 11.8 Å². The quantitative estimate of drug-likeness (QED) is 0.788. The summed E-state index contributed by atoms with van der Waals surface area (Å²) in [5.41, 5.74) is 1.89. The van der Waals surface area contributed by atoms with Gasteiger partial charge < -0.3 is 15.1 Å². The largest absolute Gasteiger partial charge is 0.343 e. The van der Waals surface area contributed by atoms with E-state index in [-0.39, 0.29) is 30.2 Å². The average molecular weight is 434 g/mol. The molecule has 0 radical (unpaired) electrons. The van der Waals surface area contributed by atoms with Crippen LogP contribution >= 0.6 is 0 Å². The van der Waals surface area contributed by atoms with Gasteiger partial charge in [0.15, 0.2) is 0 Å². The summed E-state index contributed by atoms with van der Waals surface area (Å²) in [6.07, 6.45) is 3.60. The molecular formula is C26H31N3O3. The van der Waals surface area contributed by atoms with E-state index in [1.807, 2.05) is 17.0 Å². The van der Waals surface area contributed by atoms with Crippen LogP contribution in [0, 0.1) is 5.92 Å². The van der Waals surface area contributed by atoms with Gasteiger partial charge in [0.05, 0.1) is 12.5 Å². The second-order valence-corrected chi connectivity index (χ2v) is 8.74. The van der Waals surface area contributed by atoms with Crippen molar-refractivity contribution in [2.24, 2.45) is 5.92 Å². The Morgan fingerprint density at radius 1 is 0.812 bits per heavy atom. The fraction of sp³-hybridized carbons (Fsp3) is 0.423. The predicted molar refractivity (Wildman–Crippen MR) is 123 cm³/mol. The molecule has 2 aliphatic heterocycles. The molecule has 2 heterocycles. The fourth-order valence-electron chi connectivity index (χ4n) is 4.78. The van der Waals surface area contributed by atoms with Crippen LogP contribution in [0.15, 0.2) is 60.7 Å². The normalized spacial score (nSPS) is 19.4. The third kappa shape index (κ3) is 5.36. The SMILES string of the molecule is O=C(NCC(=O)N1CCC[C@@H](C(=O)N2CCC(c3ccccc3)CC2)C1)c1ccccc1. The molecule has 0 aromatic heterocycles. The molecule has 2 aliphatic rings. The van der Waals surface area contributed by atoms with Gasteiger partial charge in [-0.15, -0.1) is 0 Å². The Hall–Kier alpha value is -3.15. The van der Waals surface area contributed by atoms with Gasteiger partial charge in [0, 0.05) is 31.7 Å². The van der Waals surface area contributed by atoms with Crippen LogP contribution in [0.3, 0.4) is 0 Å². The third-order valence-corrected chi connectivity index (χ3v) is 6.64. The summed E-state index contributed by atoms with van der Waals surface area (Å²) in [5.74, 6) is 0.144. The molecule has 4 rings (SSSR count). The molecule has 2 aromatic rings. The molecule has 2 saturated heterocycles. The first-order valence-corrected chi connectivity index (χ1v) is 11.6. The minimum atomic E-state index is -0.259. The van der Waals surface area contributed by atoms with Crippen molar-refractivity contribution in [1.82, 2.24) is 15.1 Å². The summed E-state index contributed by atoms with van der Waals surface area (Å²) in [7, 11) is 0. The van der Waals surface area contributed by atoms with Gasteiger partial charge in [0.25, 0.3) is 5.91 Å². The van der Waals surface area contributed by atoms with Crippen LogP contribution < -0.4 is 5.32 Å². The molecule has 3 amide bonds. The van der Waals surface area contributed by atoms with Crippen molar-refractivity contribution in [2.45, 2.75) is 31.6 Å². The maximum absolute atomic E-state index is 13.1. The minimum absolute atomic E-state index is 0.0445. The number of piperidine rings is 2. The Bertz CT molecular complexity index is 924. The number of likely N-dealkylation sites (tertiary alicyclic amines) is 2. The number of hydrogen-bond donors (Lipinski definition) is 1. The van der Waals surface area contributed by atoms with E-state index in [1.165, 1.54) is 5.56 Å². The second-order valence-electron chi connectivity index (χ2n) is 8.74. The van der Waals surface area contributed by atoms with Crippen molar-refractivity contribution in [3.05, 3.63) is 71.8 Å². The van der Waals surface area contributed by atoms with E-state index < -0.39 is 0 Å². The topological polar surface area (TPSA) is 69.7 Å². The van der Waals surface area contributed by atoms with E-state index in [2.05, 4.69) is 29.6 Å². The molecule has 2 aromatic carbocycles. The van der Waals surface area contributed by atoms with Crippen molar-refractivity contribution >= 4 is 17.7 Å². The smallest absolute Gasteiger partial charge is 0.251 e. The van der Waals surface area contributed by atoms with E-state index in [9.17, 15) is 14.4 Å². The number of rotatable bonds is 5. The minimum Gasteiger partial charge on any atom is -0.343 e. The molecular weight excluding hydrogens is 402 g/mol. The Balaban J connectivity index is 1.25. The van der Waals surface area contributed by atoms with E-state index >= 15 is 0 Å². The van der Waals surface area contributed by atoms with Crippen LogP contribution in [0.5, 0.6) is 0 Å². The molecule has 0 unspecified atom stereocenters. The van der Waals surface area contributed by atoms with Crippen LogP contribution in [0.2, 0.25) is 0 Å². The summed E-state index contributed by atoms with van der Waals surface area (Å²) in [5, 5.41) is 2.70. The molecule has 0 spiro atoms. The van der Waals surface area contributed by atoms with E-state index in [1.54, 1.807) is 29.2 Å². The number of nitrogens with one attached hydrogen (secondary N) is 1. The molecule has 6 heteroatoms. The zero-order valence-corrected chi connectivity index (χ0v) is 18.4. The molecule has 168 valence electrons. The van der Waals surface area contributed by atoms with Crippen molar-refractivity contribution in [3.8, 4) is 0 Å². The Kier molecular flexibility index (Phi) is 7.20. The number of hydrogen-bond acceptors (Lipinski definition) is 3. The lowest BCUT2D eigenvalue weighted by atomic mass is 9.88. The molecule has 0 saturated carbocycles. The highest BCUT2D eigenvalue weighted by atomic mass is 16.2. The second kappa shape index (κ2) is 10.4. The highest BCUT2D eigenvalue weighted by Crippen LogP contribution is 2.29. The summed E-state index contributed by atoms with van der Waals surface area (Å²) in [4.78, 5) is 41.7. The summed E-state index contributed by atoms with van der Waals surface area (Å²) < 4.78 is 0. The van der Waals surface area contributed by atoms with Crippen LogP contribution in [0.4, 0.5) is 0 Å². The van der Waals surface area contributed by atoms with Gasteiger partial charge in [-0.3, -0.25) is 14.4 Å². The summed E-state index contributed by atoms with van der Waals surface area (Å²) in [6, 6.07) is 19.4. The maximum Gasteiger partial charge on any atom is 0.251 e. The van der Waals surface area contributed by atoms with Crippen LogP contribution in [-0.4, -0.2) is 60.2 Å².